The fourth-order valence-corrected chi connectivity index (χ4v) is 6.13. The van der Waals surface area contributed by atoms with Crippen LogP contribution in [0.5, 0.6) is 0 Å². The van der Waals surface area contributed by atoms with Gasteiger partial charge >= 0.3 is 0 Å². The van der Waals surface area contributed by atoms with E-state index in [2.05, 4.69) is 20.0 Å². The first kappa shape index (κ1) is 30.7. The van der Waals surface area contributed by atoms with Crippen LogP contribution in [0.1, 0.15) is 78.1 Å². The van der Waals surface area contributed by atoms with Crippen LogP contribution in [0.2, 0.25) is 0 Å². The van der Waals surface area contributed by atoms with Crippen molar-refractivity contribution in [3.8, 4) is 11.3 Å². The van der Waals surface area contributed by atoms with Crippen LogP contribution < -0.4 is 10.0 Å². The molecular formula is C27H39F2N5O4S. The molecule has 12 heteroatoms. The van der Waals surface area contributed by atoms with Crippen molar-refractivity contribution < 1.29 is 26.8 Å². The summed E-state index contributed by atoms with van der Waals surface area (Å²) in [5.41, 5.74) is 0.422. The molecule has 0 aliphatic carbocycles. The van der Waals surface area contributed by atoms with Gasteiger partial charge in [0, 0.05) is 30.6 Å². The quantitative estimate of drug-likeness (QED) is 0.357. The fraction of sp³-hybridized carbons (Fsp3) is 0.593. The molecule has 3 rings (SSSR count). The SMILES string of the molecule is CC(C)CCS(=O)(=O)N[C@@H](CCC(=O)N1CCCC[C@@H]1C)C(=O)N[C@@H](C)c1ncc(-c2ccc(F)cc2F)[nH]1. The molecule has 9 nitrogen and oxygen atoms in total. The van der Waals surface area contributed by atoms with Crippen molar-refractivity contribution in [2.24, 2.45) is 5.92 Å². The molecule has 1 fully saturated rings. The Hall–Kier alpha value is -2.86. The van der Waals surface area contributed by atoms with Crippen LogP contribution in [-0.2, 0) is 19.6 Å². The lowest BCUT2D eigenvalue weighted by Gasteiger charge is -2.33. The summed E-state index contributed by atoms with van der Waals surface area (Å²) in [7, 11) is -3.78. The van der Waals surface area contributed by atoms with Gasteiger partial charge in [0.25, 0.3) is 0 Å². The molecule has 1 aliphatic heterocycles. The summed E-state index contributed by atoms with van der Waals surface area (Å²) in [5.74, 6) is -1.83. The van der Waals surface area contributed by atoms with E-state index in [1.807, 2.05) is 20.8 Å². The first-order valence-electron chi connectivity index (χ1n) is 13.5. The average Bonchev–Trinajstić information content (AvgIpc) is 3.35. The van der Waals surface area contributed by atoms with Gasteiger partial charge in [0.1, 0.15) is 23.5 Å². The van der Waals surface area contributed by atoms with Crippen molar-refractivity contribution in [2.45, 2.75) is 84.3 Å². The number of hydrogen-bond acceptors (Lipinski definition) is 5. The van der Waals surface area contributed by atoms with Gasteiger partial charge in [0.05, 0.1) is 23.7 Å². The number of H-pyrrole nitrogens is 1. The lowest BCUT2D eigenvalue weighted by atomic mass is 10.0. The van der Waals surface area contributed by atoms with E-state index in [-0.39, 0.29) is 42.0 Å². The number of amides is 2. The number of hydrogen-bond donors (Lipinski definition) is 3. The Bertz CT molecular complexity index is 1250. The fourth-order valence-electron chi connectivity index (χ4n) is 4.57. The van der Waals surface area contributed by atoms with Gasteiger partial charge in [-0.15, -0.1) is 0 Å². The van der Waals surface area contributed by atoms with Crippen LogP contribution in [0.15, 0.2) is 24.4 Å². The molecule has 0 spiro atoms. The predicted molar refractivity (Wildman–Crippen MR) is 145 cm³/mol. The molecule has 39 heavy (non-hydrogen) atoms. The van der Waals surface area contributed by atoms with Crippen molar-refractivity contribution in [1.82, 2.24) is 24.9 Å². The maximum Gasteiger partial charge on any atom is 0.238 e. The topological polar surface area (TPSA) is 124 Å². The van der Waals surface area contributed by atoms with E-state index in [0.717, 1.165) is 31.4 Å². The standard InChI is InChI=1S/C27H39F2N5O4S/c1-17(2)12-14-39(37,38)33-23(10-11-25(35)34-13-6-5-7-18(34)3)27(36)31-19(4)26-30-16-24(32-26)21-9-8-20(28)15-22(21)29/h8-9,15-19,23,33H,5-7,10-14H2,1-4H3,(H,30,32)(H,31,36)/t18-,19-,23-/m0/s1. The van der Waals surface area contributed by atoms with Crippen molar-refractivity contribution >= 4 is 21.8 Å². The van der Waals surface area contributed by atoms with Crippen molar-refractivity contribution in [3.05, 3.63) is 41.9 Å². The molecule has 216 valence electrons. The number of benzene rings is 1. The molecule has 1 aromatic carbocycles. The molecule has 2 aromatic rings. The Kier molecular flexibility index (Phi) is 10.6. The number of rotatable bonds is 12. The molecule has 0 saturated carbocycles. The highest BCUT2D eigenvalue weighted by atomic mass is 32.2. The Balaban J connectivity index is 1.71. The maximum atomic E-state index is 14.2. The van der Waals surface area contributed by atoms with Crippen molar-refractivity contribution in [1.29, 1.82) is 0 Å². The van der Waals surface area contributed by atoms with Gasteiger partial charge in [-0.05, 0) is 64.0 Å². The summed E-state index contributed by atoms with van der Waals surface area (Å²) in [6, 6.07) is 1.45. The summed E-state index contributed by atoms with van der Waals surface area (Å²) >= 11 is 0. The zero-order valence-corrected chi connectivity index (χ0v) is 23.8. The first-order valence-corrected chi connectivity index (χ1v) is 15.1. The third-order valence-electron chi connectivity index (χ3n) is 6.96. The summed E-state index contributed by atoms with van der Waals surface area (Å²) in [6.07, 6.45) is 4.74. The number of aromatic amines is 1. The van der Waals surface area contributed by atoms with Crippen LogP contribution in [-0.4, -0.2) is 59.5 Å². The molecule has 3 N–H and O–H groups in total. The van der Waals surface area contributed by atoms with Crippen LogP contribution >= 0.6 is 0 Å². The lowest BCUT2D eigenvalue weighted by Crippen LogP contribution is -2.49. The smallest absolute Gasteiger partial charge is 0.238 e. The molecule has 1 aliphatic rings. The largest absolute Gasteiger partial charge is 0.345 e. The predicted octanol–water partition coefficient (Wildman–Crippen LogP) is 4.05. The molecule has 1 aromatic heterocycles. The number of imidazole rings is 1. The summed E-state index contributed by atoms with van der Waals surface area (Å²) in [6.45, 7) is 8.12. The highest BCUT2D eigenvalue weighted by Crippen LogP contribution is 2.23. The number of aromatic nitrogens is 2. The Morgan fingerprint density at radius 2 is 1.92 bits per heavy atom. The molecule has 3 atom stereocenters. The van der Waals surface area contributed by atoms with Gasteiger partial charge in [-0.2, -0.15) is 0 Å². The monoisotopic (exact) mass is 567 g/mol. The Morgan fingerprint density at radius 1 is 1.18 bits per heavy atom. The molecular weight excluding hydrogens is 528 g/mol. The number of nitrogens with one attached hydrogen (secondary N) is 3. The number of sulfonamides is 1. The maximum absolute atomic E-state index is 14.2. The Morgan fingerprint density at radius 3 is 2.59 bits per heavy atom. The van der Waals surface area contributed by atoms with Crippen LogP contribution in [0.3, 0.4) is 0 Å². The second-order valence-electron chi connectivity index (χ2n) is 10.7. The molecule has 2 heterocycles. The molecule has 0 bridgehead atoms. The molecule has 1 saturated heterocycles. The average molecular weight is 568 g/mol. The number of carbonyl (C=O) groups is 2. The van der Waals surface area contributed by atoms with Crippen molar-refractivity contribution in [3.63, 3.8) is 0 Å². The number of halogens is 2. The summed E-state index contributed by atoms with van der Waals surface area (Å²) < 4.78 is 55.5. The van der Waals surface area contributed by atoms with Gasteiger partial charge < -0.3 is 15.2 Å². The zero-order valence-electron chi connectivity index (χ0n) is 23.0. The Labute approximate surface area is 229 Å². The minimum absolute atomic E-state index is 0.00567. The van der Waals surface area contributed by atoms with E-state index < -0.39 is 39.6 Å². The van der Waals surface area contributed by atoms with Crippen LogP contribution in [0.4, 0.5) is 8.78 Å². The number of carbonyl (C=O) groups excluding carboxylic acids is 2. The third kappa shape index (κ3) is 8.82. The molecule has 0 radical (unpaired) electrons. The molecule has 0 unspecified atom stereocenters. The summed E-state index contributed by atoms with van der Waals surface area (Å²) in [4.78, 5) is 35.1. The second kappa shape index (κ2) is 13.5. The number of piperidine rings is 1. The van der Waals surface area contributed by atoms with Gasteiger partial charge in [-0.3, -0.25) is 9.59 Å². The van der Waals surface area contributed by atoms with E-state index in [0.29, 0.717) is 24.5 Å². The van der Waals surface area contributed by atoms with E-state index in [4.69, 9.17) is 0 Å². The van der Waals surface area contributed by atoms with E-state index in [1.165, 1.54) is 12.3 Å². The van der Waals surface area contributed by atoms with E-state index in [1.54, 1.807) is 11.8 Å². The van der Waals surface area contributed by atoms with Gasteiger partial charge in [0.15, 0.2) is 0 Å². The lowest BCUT2D eigenvalue weighted by molar-refractivity contribution is -0.134. The minimum Gasteiger partial charge on any atom is -0.345 e. The molecule has 2 amide bonds. The van der Waals surface area contributed by atoms with E-state index in [9.17, 15) is 26.8 Å². The van der Waals surface area contributed by atoms with Crippen molar-refractivity contribution in [2.75, 3.05) is 12.3 Å². The number of likely N-dealkylation sites (tertiary alicyclic amines) is 1. The number of nitrogens with zero attached hydrogens (tertiary/aromatic N) is 2. The van der Waals surface area contributed by atoms with Crippen LogP contribution in [0.25, 0.3) is 11.3 Å². The first-order chi connectivity index (χ1) is 18.4. The van der Waals surface area contributed by atoms with Gasteiger partial charge in [-0.1, -0.05) is 13.8 Å². The highest BCUT2D eigenvalue weighted by molar-refractivity contribution is 7.89. The second-order valence-corrected chi connectivity index (χ2v) is 12.6. The zero-order chi connectivity index (χ0) is 28.7. The highest BCUT2D eigenvalue weighted by Gasteiger charge is 2.29. The normalized spacial score (nSPS) is 17.7. The van der Waals surface area contributed by atoms with Gasteiger partial charge in [0.2, 0.25) is 21.8 Å². The van der Waals surface area contributed by atoms with E-state index >= 15 is 0 Å². The van der Waals surface area contributed by atoms with Crippen LogP contribution in [0, 0.1) is 17.6 Å². The minimum atomic E-state index is -3.78. The third-order valence-corrected chi connectivity index (χ3v) is 8.37. The van der Waals surface area contributed by atoms with Gasteiger partial charge in [-0.25, -0.2) is 26.9 Å². The summed E-state index contributed by atoms with van der Waals surface area (Å²) in [5, 5.41) is 2.75.